The second kappa shape index (κ2) is 15.2. The predicted octanol–water partition coefficient (Wildman–Crippen LogP) is 5.82. The highest BCUT2D eigenvalue weighted by atomic mass is 32.2. The first kappa shape index (κ1) is 31.6. The summed E-state index contributed by atoms with van der Waals surface area (Å²) in [6, 6.07) is 12.7. The Morgan fingerprint density at radius 3 is 2.27 bits per heavy atom. The van der Waals surface area contributed by atoms with Crippen molar-refractivity contribution in [2.45, 2.75) is 64.2 Å². The lowest BCUT2D eigenvalue weighted by Gasteiger charge is -2.27. The molecule has 1 aliphatic rings. The van der Waals surface area contributed by atoms with E-state index < -0.39 is 10.0 Å². The fraction of sp³-hybridized carbons (Fsp3) is 0.548. The Balaban J connectivity index is 1.57. The van der Waals surface area contributed by atoms with E-state index in [4.69, 9.17) is 9.72 Å². The average molecular weight is 601 g/mol. The molecule has 2 aromatic carbocycles. The molecule has 224 valence electrons. The average Bonchev–Trinajstić information content (AvgIpc) is 3.42. The number of anilines is 1. The minimum Gasteiger partial charge on any atom is -0.379 e. The Labute approximate surface area is 249 Å². The van der Waals surface area contributed by atoms with Crippen molar-refractivity contribution in [1.82, 2.24) is 14.2 Å². The number of sulfonamides is 1. The van der Waals surface area contributed by atoms with Crippen LogP contribution in [0.5, 0.6) is 0 Å². The van der Waals surface area contributed by atoms with Crippen molar-refractivity contribution in [3.8, 4) is 0 Å². The van der Waals surface area contributed by atoms with Crippen LogP contribution in [-0.2, 0) is 21.2 Å². The predicted molar refractivity (Wildman–Crippen MR) is 168 cm³/mol. The first-order valence-electron chi connectivity index (χ1n) is 15.0. The van der Waals surface area contributed by atoms with Gasteiger partial charge in [0, 0.05) is 44.8 Å². The summed E-state index contributed by atoms with van der Waals surface area (Å²) in [7, 11) is -3.63. The zero-order chi connectivity index (χ0) is 29.2. The van der Waals surface area contributed by atoms with Gasteiger partial charge in [0.2, 0.25) is 10.0 Å². The van der Waals surface area contributed by atoms with Gasteiger partial charge in [-0.25, -0.2) is 13.4 Å². The third-order valence-electron chi connectivity index (χ3n) is 7.55. The van der Waals surface area contributed by atoms with Crippen LogP contribution in [0.15, 0.2) is 47.4 Å². The Bertz CT molecular complexity index is 1360. The summed E-state index contributed by atoms with van der Waals surface area (Å²) >= 11 is 1.53. The summed E-state index contributed by atoms with van der Waals surface area (Å²) < 4.78 is 35.0. The molecule has 1 fully saturated rings. The number of ether oxygens (including phenoxy) is 1. The molecule has 1 aliphatic heterocycles. The van der Waals surface area contributed by atoms with Crippen LogP contribution < -0.4 is 4.90 Å². The molecule has 0 bridgehead atoms. The van der Waals surface area contributed by atoms with Crippen molar-refractivity contribution in [3.63, 3.8) is 0 Å². The largest absolute Gasteiger partial charge is 0.379 e. The Morgan fingerprint density at radius 1 is 0.951 bits per heavy atom. The molecule has 0 spiro atoms. The topological polar surface area (TPSA) is 83.1 Å². The van der Waals surface area contributed by atoms with Crippen molar-refractivity contribution in [2.75, 3.05) is 57.4 Å². The summed E-state index contributed by atoms with van der Waals surface area (Å²) in [5.41, 5.74) is 2.58. The van der Waals surface area contributed by atoms with Gasteiger partial charge < -0.3 is 4.74 Å². The van der Waals surface area contributed by atoms with Crippen LogP contribution in [0.25, 0.3) is 10.2 Å². The van der Waals surface area contributed by atoms with Gasteiger partial charge in [-0.3, -0.25) is 14.6 Å². The van der Waals surface area contributed by atoms with E-state index in [-0.39, 0.29) is 10.8 Å². The number of rotatable bonds is 15. The lowest BCUT2D eigenvalue weighted by Crippen LogP contribution is -2.39. The van der Waals surface area contributed by atoms with E-state index in [2.05, 4.69) is 37.8 Å². The van der Waals surface area contributed by atoms with Crippen molar-refractivity contribution in [3.05, 3.63) is 53.6 Å². The third-order valence-corrected chi connectivity index (χ3v) is 10.5. The second-order valence-corrected chi connectivity index (χ2v) is 13.5. The molecule has 0 aliphatic carbocycles. The molecule has 41 heavy (non-hydrogen) atoms. The van der Waals surface area contributed by atoms with E-state index in [0.29, 0.717) is 30.3 Å². The number of fused-ring (bicyclic) bond motifs is 1. The highest BCUT2D eigenvalue weighted by Crippen LogP contribution is 2.31. The van der Waals surface area contributed by atoms with Gasteiger partial charge in [0.15, 0.2) is 5.13 Å². The summed E-state index contributed by atoms with van der Waals surface area (Å²) in [5, 5.41) is 0.669. The molecule has 8 nitrogen and oxygen atoms in total. The highest BCUT2D eigenvalue weighted by molar-refractivity contribution is 7.89. The molecule has 2 heterocycles. The Morgan fingerprint density at radius 2 is 1.63 bits per heavy atom. The smallest absolute Gasteiger partial charge is 0.260 e. The molecule has 0 saturated carbocycles. The van der Waals surface area contributed by atoms with Gasteiger partial charge >= 0.3 is 0 Å². The normalized spacial score (nSPS) is 14.6. The fourth-order valence-electron chi connectivity index (χ4n) is 4.95. The Hall–Kier alpha value is -2.37. The molecule has 10 heteroatoms. The van der Waals surface area contributed by atoms with Crippen LogP contribution in [0, 0.1) is 0 Å². The van der Waals surface area contributed by atoms with E-state index in [0.717, 1.165) is 81.6 Å². The van der Waals surface area contributed by atoms with Crippen LogP contribution in [0.2, 0.25) is 0 Å². The van der Waals surface area contributed by atoms with Gasteiger partial charge in [0.25, 0.3) is 5.91 Å². The number of amides is 1. The third kappa shape index (κ3) is 8.14. The molecular formula is C31H44N4O4S2. The highest BCUT2D eigenvalue weighted by Gasteiger charge is 2.26. The van der Waals surface area contributed by atoms with E-state index in [1.807, 2.05) is 6.07 Å². The van der Waals surface area contributed by atoms with Crippen LogP contribution in [0.4, 0.5) is 5.13 Å². The molecular weight excluding hydrogens is 556 g/mol. The molecule has 1 amide bonds. The van der Waals surface area contributed by atoms with Crippen molar-refractivity contribution in [2.24, 2.45) is 0 Å². The van der Waals surface area contributed by atoms with Crippen molar-refractivity contribution in [1.29, 1.82) is 0 Å². The summed E-state index contributed by atoms with van der Waals surface area (Å²) in [6.45, 7) is 11.9. The van der Waals surface area contributed by atoms with E-state index in [1.165, 1.54) is 16.9 Å². The molecule has 1 aromatic heterocycles. The number of aromatic nitrogens is 1. The number of hydrogen-bond donors (Lipinski definition) is 0. The first-order chi connectivity index (χ1) is 19.9. The lowest BCUT2D eigenvalue weighted by atomic mass is 10.2. The van der Waals surface area contributed by atoms with Crippen molar-refractivity contribution >= 4 is 42.6 Å². The van der Waals surface area contributed by atoms with E-state index in [9.17, 15) is 13.2 Å². The number of unbranched alkanes of at least 4 members (excludes halogenated alkanes) is 2. The number of aryl methyl sites for hydroxylation is 1. The maximum Gasteiger partial charge on any atom is 0.260 e. The molecule has 0 atom stereocenters. The molecule has 0 radical (unpaired) electrons. The molecule has 0 unspecified atom stereocenters. The zero-order valence-corrected chi connectivity index (χ0v) is 26.3. The zero-order valence-electron chi connectivity index (χ0n) is 24.7. The Kier molecular flexibility index (Phi) is 11.7. The number of nitrogens with zero attached hydrogens (tertiary/aromatic N) is 4. The summed E-state index contributed by atoms with van der Waals surface area (Å²) in [6.07, 6.45) is 5.24. The number of benzene rings is 2. The maximum absolute atomic E-state index is 13.9. The lowest BCUT2D eigenvalue weighted by molar-refractivity contribution is 0.0376. The van der Waals surface area contributed by atoms with Gasteiger partial charge in [0.1, 0.15) is 0 Å². The van der Waals surface area contributed by atoms with Crippen LogP contribution in [0.3, 0.4) is 0 Å². The molecule has 3 aromatic rings. The van der Waals surface area contributed by atoms with E-state index >= 15 is 0 Å². The molecule has 4 rings (SSSR count). The number of morpholine rings is 1. The standard InChI is InChI=1S/C31H44N4O4S2/c1-4-7-17-34(18-8-5-2)41(37,38)27-13-11-26(12-14-27)30(36)35(19-9-16-33-20-22-39-23-21-33)31-32-28-15-10-25(6-3)24-29(28)40-31/h10-15,24H,4-9,16-23H2,1-3H3. The quantitative estimate of drug-likeness (QED) is 0.219. The fourth-order valence-corrected chi connectivity index (χ4v) is 7.52. The van der Waals surface area contributed by atoms with Crippen LogP contribution >= 0.6 is 11.3 Å². The van der Waals surface area contributed by atoms with Crippen LogP contribution in [0.1, 0.15) is 68.8 Å². The second-order valence-electron chi connectivity index (χ2n) is 10.6. The monoisotopic (exact) mass is 600 g/mol. The summed E-state index contributed by atoms with van der Waals surface area (Å²) in [5.74, 6) is -0.167. The van der Waals surface area contributed by atoms with Crippen molar-refractivity contribution < 1.29 is 17.9 Å². The summed E-state index contributed by atoms with van der Waals surface area (Å²) in [4.78, 5) is 23.1. The van der Waals surface area contributed by atoms with Crippen LogP contribution in [-0.4, -0.2) is 81.0 Å². The minimum absolute atomic E-state index is 0.167. The number of hydrogen-bond acceptors (Lipinski definition) is 7. The minimum atomic E-state index is -3.63. The van der Waals surface area contributed by atoms with Gasteiger partial charge in [-0.2, -0.15) is 4.31 Å². The number of carbonyl (C=O) groups excluding carboxylic acids is 1. The number of carbonyl (C=O) groups is 1. The van der Waals surface area contributed by atoms with Gasteiger partial charge in [-0.05, 0) is 67.6 Å². The number of thiazole rings is 1. The molecule has 1 saturated heterocycles. The van der Waals surface area contributed by atoms with Gasteiger partial charge in [0.05, 0.1) is 28.3 Å². The van der Waals surface area contributed by atoms with Gasteiger partial charge in [-0.1, -0.05) is 51.0 Å². The first-order valence-corrected chi connectivity index (χ1v) is 17.2. The maximum atomic E-state index is 13.9. The van der Waals surface area contributed by atoms with Gasteiger partial charge in [-0.15, -0.1) is 0 Å². The SMILES string of the molecule is CCCCN(CCCC)S(=O)(=O)c1ccc(C(=O)N(CCCN2CCOCC2)c2nc3ccc(CC)cc3s2)cc1. The molecule has 0 N–H and O–H groups in total. The van der Waals surface area contributed by atoms with E-state index in [1.54, 1.807) is 33.5 Å².